The van der Waals surface area contributed by atoms with Gasteiger partial charge in [0.15, 0.2) is 11.6 Å². The number of hydrogen-bond acceptors (Lipinski definition) is 2. The fourth-order valence-electron chi connectivity index (χ4n) is 1.23. The van der Waals surface area contributed by atoms with Crippen LogP contribution in [0.15, 0.2) is 18.2 Å². The van der Waals surface area contributed by atoms with Gasteiger partial charge in [-0.15, -0.1) is 12.4 Å². The molecule has 1 rings (SSSR count). The van der Waals surface area contributed by atoms with Crippen LogP contribution < -0.4 is 5.73 Å². The Bertz CT molecular complexity index is 293. The van der Waals surface area contributed by atoms with Crippen LogP contribution in [-0.2, 0) is 0 Å². The lowest BCUT2D eigenvalue weighted by atomic mass is 10.0. The van der Waals surface area contributed by atoms with E-state index in [9.17, 15) is 4.39 Å². The molecule has 1 atom stereocenters. The van der Waals surface area contributed by atoms with Crippen molar-refractivity contribution in [2.24, 2.45) is 5.73 Å². The Kier molecular flexibility index (Phi) is 5.50. The Morgan fingerprint density at radius 3 is 2.64 bits per heavy atom. The largest absolute Gasteiger partial charge is 0.505 e. The zero-order chi connectivity index (χ0) is 9.84. The van der Waals surface area contributed by atoms with Gasteiger partial charge in [-0.1, -0.05) is 19.4 Å². The van der Waals surface area contributed by atoms with Crippen LogP contribution in [-0.4, -0.2) is 5.11 Å². The molecular weight excluding hydrogens is 205 g/mol. The molecule has 2 nitrogen and oxygen atoms in total. The molecule has 0 aliphatic rings. The minimum absolute atomic E-state index is 0. The van der Waals surface area contributed by atoms with E-state index in [4.69, 9.17) is 10.8 Å². The van der Waals surface area contributed by atoms with Crippen molar-refractivity contribution < 1.29 is 9.50 Å². The molecule has 0 spiro atoms. The molecular formula is C10H15ClFNO. The molecule has 14 heavy (non-hydrogen) atoms. The van der Waals surface area contributed by atoms with Gasteiger partial charge < -0.3 is 10.8 Å². The lowest BCUT2D eigenvalue weighted by Crippen LogP contribution is -2.09. The van der Waals surface area contributed by atoms with E-state index in [0.29, 0.717) is 0 Å². The highest BCUT2D eigenvalue weighted by Gasteiger charge is 2.07. The third-order valence-corrected chi connectivity index (χ3v) is 2.00. The lowest BCUT2D eigenvalue weighted by Gasteiger charge is -2.10. The number of nitrogens with two attached hydrogens (primary N) is 1. The van der Waals surface area contributed by atoms with Gasteiger partial charge in [0, 0.05) is 6.04 Å². The first-order valence-electron chi connectivity index (χ1n) is 4.39. The van der Waals surface area contributed by atoms with Crippen LogP contribution in [0.5, 0.6) is 5.75 Å². The van der Waals surface area contributed by atoms with Crippen LogP contribution >= 0.6 is 12.4 Å². The number of halogens is 2. The normalized spacial score (nSPS) is 11.9. The van der Waals surface area contributed by atoms with Crippen LogP contribution in [0, 0.1) is 5.82 Å². The average Bonchev–Trinajstić information content (AvgIpc) is 2.10. The molecule has 0 aromatic heterocycles. The number of rotatable bonds is 3. The van der Waals surface area contributed by atoms with Gasteiger partial charge in [-0.3, -0.25) is 0 Å². The quantitative estimate of drug-likeness (QED) is 0.821. The molecule has 0 saturated carbocycles. The molecule has 0 amide bonds. The molecule has 0 fully saturated rings. The molecule has 0 unspecified atom stereocenters. The van der Waals surface area contributed by atoms with Crippen LogP contribution in [0.4, 0.5) is 4.39 Å². The highest BCUT2D eigenvalue weighted by Crippen LogP contribution is 2.21. The van der Waals surface area contributed by atoms with Crippen LogP contribution in [0.3, 0.4) is 0 Å². The van der Waals surface area contributed by atoms with Crippen molar-refractivity contribution >= 4 is 12.4 Å². The molecule has 1 aromatic carbocycles. The maximum absolute atomic E-state index is 12.9. The van der Waals surface area contributed by atoms with Gasteiger partial charge >= 0.3 is 0 Å². The van der Waals surface area contributed by atoms with E-state index in [1.165, 1.54) is 12.1 Å². The molecule has 0 radical (unpaired) electrons. The average molecular weight is 220 g/mol. The second-order valence-corrected chi connectivity index (χ2v) is 3.11. The van der Waals surface area contributed by atoms with Crippen LogP contribution in [0.2, 0.25) is 0 Å². The van der Waals surface area contributed by atoms with Crippen molar-refractivity contribution in [1.29, 1.82) is 0 Å². The topological polar surface area (TPSA) is 46.2 Å². The molecule has 80 valence electrons. The van der Waals surface area contributed by atoms with Crippen LogP contribution in [0.25, 0.3) is 0 Å². The molecule has 0 saturated heterocycles. The van der Waals surface area contributed by atoms with E-state index in [1.54, 1.807) is 6.07 Å². The summed E-state index contributed by atoms with van der Waals surface area (Å²) in [6, 6.07) is 4.13. The third kappa shape index (κ3) is 3.16. The zero-order valence-corrected chi connectivity index (χ0v) is 8.85. The highest BCUT2D eigenvalue weighted by molar-refractivity contribution is 5.85. The van der Waals surface area contributed by atoms with Gasteiger partial charge in [0.25, 0.3) is 0 Å². The molecule has 4 heteroatoms. The molecule has 0 heterocycles. The molecule has 0 bridgehead atoms. The minimum atomic E-state index is -0.607. The fourth-order valence-corrected chi connectivity index (χ4v) is 1.23. The van der Waals surface area contributed by atoms with E-state index in [0.717, 1.165) is 18.4 Å². The van der Waals surface area contributed by atoms with Crippen LogP contribution in [0.1, 0.15) is 31.4 Å². The first-order valence-corrected chi connectivity index (χ1v) is 4.39. The predicted octanol–water partition coefficient (Wildman–Crippen LogP) is 2.75. The summed E-state index contributed by atoms with van der Waals surface area (Å²) in [5.74, 6) is -0.934. The Morgan fingerprint density at radius 2 is 2.14 bits per heavy atom. The van der Waals surface area contributed by atoms with Crippen molar-refractivity contribution in [1.82, 2.24) is 0 Å². The van der Waals surface area contributed by atoms with E-state index in [2.05, 4.69) is 0 Å². The van der Waals surface area contributed by atoms with Gasteiger partial charge in [-0.2, -0.15) is 0 Å². The Hall–Kier alpha value is -0.800. The zero-order valence-electron chi connectivity index (χ0n) is 8.03. The SMILES string of the molecule is CCC[C@H](N)c1ccc(O)c(F)c1.Cl. The Morgan fingerprint density at radius 1 is 1.50 bits per heavy atom. The van der Waals surface area contributed by atoms with E-state index >= 15 is 0 Å². The third-order valence-electron chi connectivity index (χ3n) is 2.00. The maximum Gasteiger partial charge on any atom is 0.165 e. The molecule has 1 aromatic rings. The minimum Gasteiger partial charge on any atom is -0.505 e. The number of benzene rings is 1. The molecule has 0 aliphatic heterocycles. The Balaban J connectivity index is 0.00000169. The van der Waals surface area contributed by atoms with Gasteiger partial charge in [0.05, 0.1) is 0 Å². The van der Waals surface area contributed by atoms with E-state index in [-0.39, 0.29) is 24.2 Å². The van der Waals surface area contributed by atoms with Crippen molar-refractivity contribution in [3.05, 3.63) is 29.6 Å². The summed E-state index contributed by atoms with van der Waals surface area (Å²) in [5, 5.41) is 8.94. The van der Waals surface area contributed by atoms with Crippen molar-refractivity contribution in [2.75, 3.05) is 0 Å². The van der Waals surface area contributed by atoms with Gasteiger partial charge in [-0.05, 0) is 24.1 Å². The first-order chi connectivity index (χ1) is 6.15. The van der Waals surface area contributed by atoms with Crippen molar-refractivity contribution in [3.63, 3.8) is 0 Å². The second-order valence-electron chi connectivity index (χ2n) is 3.11. The number of aromatic hydroxyl groups is 1. The summed E-state index contributed by atoms with van der Waals surface area (Å²) in [6.07, 6.45) is 1.79. The van der Waals surface area contributed by atoms with E-state index in [1.807, 2.05) is 6.92 Å². The number of phenolic OH excluding ortho intramolecular Hbond substituents is 1. The summed E-state index contributed by atoms with van der Waals surface area (Å²) in [5.41, 5.74) is 6.51. The highest BCUT2D eigenvalue weighted by atomic mass is 35.5. The summed E-state index contributed by atoms with van der Waals surface area (Å²) >= 11 is 0. The Labute approximate surface area is 89.3 Å². The van der Waals surface area contributed by atoms with Gasteiger partial charge in [-0.25, -0.2) is 4.39 Å². The second kappa shape index (κ2) is 5.83. The summed E-state index contributed by atoms with van der Waals surface area (Å²) in [7, 11) is 0. The summed E-state index contributed by atoms with van der Waals surface area (Å²) in [4.78, 5) is 0. The van der Waals surface area contributed by atoms with Crippen molar-refractivity contribution in [2.45, 2.75) is 25.8 Å². The predicted molar refractivity (Wildman–Crippen MR) is 57.1 cm³/mol. The van der Waals surface area contributed by atoms with E-state index < -0.39 is 5.82 Å². The first kappa shape index (κ1) is 13.2. The standard InChI is InChI=1S/C10H14FNO.ClH/c1-2-3-9(12)7-4-5-10(13)8(11)6-7;/h4-6,9,13H,2-3,12H2,1H3;1H/t9-;/m0./s1. The van der Waals surface area contributed by atoms with Crippen molar-refractivity contribution in [3.8, 4) is 5.75 Å². The summed E-state index contributed by atoms with van der Waals surface area (Å²) in [6.45, 7) is 2.02. The number of hydrogen-bond donors (Lipinski definition) is 2. The fraction of sp³-hybridized carbons (Fsp3) is 0.400. The molecule has 3 N–H and O–H groups in total. The molecule has 0 aliphatic carbocycles. The van der Waals surface area contributed by atoms with Gasteiger partial charge in [0.2, 0.25) is 0 Å². The lowest BCUT2D eigenvalue weighted by molar-refractivity contribution is 0.431. The van der Waals surface area contributed by atoms with Gasteiger partial charge in [0.1, 0.15) is 0 Å². The smallest absolute Gasteiger partial charge is 0.165 e. The summed E-state index contributed by atoms with van der Waals surface area (Å²) < 4.78 is 12.9. The number of phenols is 1. The maximum atomic E-state index is 12.9. The monoisotopic (exact) mass is 219 g/mol.